The number of hydrazine groups is 2. The van der Waals surface area contributed by atoms with Crippen molar-refractivity contribution in [3.8, 4) is 32.6 Å². The summed E-state index contributed by atoms with van der Waals surface area (Å²) in [5.74, 6) is 13.2. The highest BCUT2D eigenvalue weighted by Gasteiger charge is 2.29. The number of methoxy groups -OCH3 is 2. The molecule has 0 atom stereocenters. The molecule has 0 radical (unpaired) electrons. The zero-order valence-electron chi connectivity index (χ0n) is 21.8. The number of sulfone groups is 1. The predicted molar refractivity (Wildman–Crippen MR) is 164 cm³/mol. The van der Waals surface area contributed by atoms with Crippen LogP contribution < -0.4 is 32.0 Å². The lowest BCUT2D eigenvalue weighted by molar-refractivity contribution is 0.419. The van der Waals surface area contributed by atoms with E-state index in [1.807, 2.05) is 36.4 Å². The summed E-state index contributed by atoms with van der Waals surface area (Å²) in [6.07, 6.45) is 0. The molecule has 13 heteroatoms. The van der Waals surface area contributed by atoms with Crippen LogP contribution in [0.25, 0.3) is 41.6 Å². The number of nitrogens with zero attached hydrogens (tertiary/aromatic N) is 2. The smallest absolute Gasteiger partial charge is 0.210 e. The molecule has 0 fully saturated rings. The Labute approximate surface area is 243 Å². The monoisotopic (exact) mass is 604 g/mol. The third-order valence-electron chi connectivity index (χ3n) is 6.58. The molecule has 0 aliphatic carbocycles. The van der Waals surface area contributed by atoms with Crippen molar-refractivity contribution in [2.24, 2.45) is 11.7 Å². The minimum Gasteiger partial charge on any atom is -0.494 e. The zero-order chi connectivity index (χ0) is 28.7. The number of ether oxygens (including phenoxy) is 2. The van der Waals surface area contributed by atoms with Crippen molar-refractivity contribution in [1.29, 1.82) is 0 Å². The van der Waals surface area contributed by atoms with E-state index in [1.54, 1.807) is 38.5 Å². The van der Waals surface area contributed by atoms with Gasteiger partial charge in [0.25, 0.3) is 0 Å². The molecule has 0 aliphatic rings. The summed E-state index contributed by atoms with van der Waals surface area (Å²) < 4.78 is 41.2. The molecule has 4 aromatic carbocycles. The van der Waals surface area contributed by atoms with Gasteiger partial charge in [-0.15, -0.1) is 22.7 Å². The fourth-order valence-electron chi connectivity index (χ4n) is 4.69. The number of hydrogen-bond acceptors (Lipinski definition) is 12. The lowest BCUT2D eigenvalue weighted by Crippen LogP contribution is -2.16. The molecule has 0 bridgehead atoms. The van der Waals surface area contributed by atoms with Crippen LogP contribution in [0.4, 0.5) is 11.4 Å². The van der Waals surface area contributed by atoms with Gasteiger partial charge in [-0.3, -0.25) is 11.7 Å². The molecule has 2 heterocycles. The largest absolute Gasteiger partial charge is 0.494 e. The number of hydrogen-bond donors (Lipinski definition) is 4. The molecule has 6 aromatic rings. The van der Waals surface area contributed by atoms with Crippen molar-refractivity contribution >= 4 is 64.3 Å². The van der Waals surface area contributed by atoms with Gasteiger partial charge in [0.15, 0.2) is 0 Å². The summed E-state index contributed by atoms with van der Waals surface area (Å²) in [7, 11) is -0.993. The standard InChI is InChI=1S/C28H24N6O4S3/c1-37-17-9-5-11-19-25(17)31-27(39-19)15-7-3-13-21(23(15)33-29)41(35,36)22-14-4-8-16(24(22)34-30)28-32-26-18(38-2)10-6-12-20(26)40-28/h3-14,33-34H,29-30H2,1-2H3. The van der Waals surface area contributed by atoms with Crippen LogP contribution in [0.15, 0.2) is 82.6 Å². The van der Waals surface area contributed by atoms with Gasteiger partial charge in [-0.25, -0.2) is 18.4 Å². The van der Waals surface area contributed by atoms with Gasteiger partial charge in [0.1, 0.15) is 32.5 Å². The van der Waals surface area contributed by atoms with Crippen LogP contribution in [-0.2, 0) is 9.84 Å². The third kappa shape index (κ3) is 4.44. The van der Waals surface area contributed by atoms with Crippen molar-refractivity contribution in [2.45, 2.75) is 9.79 Å². The maximum atomic E-state index is 14.2. The second kappa shape index (κ2) is 10.6. The molecule has 208 valence electrons. The van der Waals surface area contributed by atoms with Crippen molar-refractivity contribution in [3.63, 3.8) is 0 Å². The number of fused-ring (bicyclic) bond motifs is 2. The Morgan fingerprint density at radius 3 is 1.46 bits per heavy atom. The highest BCUT2D eigenvalue weighted by atomic mass is 32.2. The zero-order valence-corrected chi connectivity index (χ0v) is 24.3. The maximum absolute atomic E-state index is 14.2. The number of para-hydroxylation sites is 4. The Morgan fingerprint density at radius 1 is 0.659 bits per heavy atom. The Morgan fingerprint density at radius 2 is 1.07 bits per heavy atom. The molecule has 41 heavy (non-hydrogen) atoms. The first-order chi connectivity index (χ1) is 19.9. The number of anilines is 2. The summed E-state index contributed by atoms with van der Waals surface area (Å²) in [5, 5.41) is 1.17. The van der Waals surface area contributed by atoms with Crippen molar-refractivity contribution in [2.75, 3.05) is 25.1 Å². The number of rotatable bonds is 8. The van der Waals surface area contributed by atoms with Crippen LogP contribution in [0.2, 0.25) is 0 Å². The maximum Gasteiger partial charge on any atom is 0.210 e. The average Bonchev–Trinajstić information content (AvgIpc) is 3.64. The highest BCUT2D eigenvalue weighted by molar-refractivity contribution is 7.91. The van der Waals surface area contributed by atoms with Crippen LogP contribution in [0.3, 0.4) is 0 Å². The molecule has 6 N–H and O–H groups in total. The fourth-order valence-corrected chi connectivity index (χ4v) is 8.35. The first kappa shape index (κ1) is 26.9. The van der Waals surface area contributed by atoms with Crippen LogP contribution in [0.1, 0.15) is 0 Å². The second-order valence-corrected chi connectivity index (χ2v) is 12.7. The first-order valence-corrected chi connectivity index (χ1v) is 15.3. The van der Waals surface area contributed by atoms with Gasteiger partial charge in [-0.1, -0.05) is 24.3 Å². The quantitative estimate of drug-likeness (QED) is 0.126. The summed E-state index contributed by atoms with van der Waals surface area (Å²) in [6.45, 7) is 0. The molecular weight excluding hydrogens is 581 g/mol. The molecule has 0 saturated carbocycles. The number of benzene rings is 4. The Hall–Kier alpha value is -4.27. The minimum atomic E-state index is -4.15. The Kier molecular flexibility index (Phi) is 6.97. The van der Waals surface area contributed by atoms with E-state index in [9.17, 15) is 8.42 Å². The number of thiazole rings is 2. The first-order valence-electron chi connectivity index (χ1n) is 12.2. The third-order valence-corrected chi connectivity index (χ3v) is 10.5. The summed E-state index contributed by atoms with van der Waals surface area (Å²) >= 11 is 2.81. The van der Waals surface area contributed by atoms with Gasteiger partial charge < -0.3 is 20.3 Å². The number of aromatic nitrogens is 2. The molecule has 10 nitrogen and oxygen atoms in total. The van der Waals surface area contributed by atoms with Crippen molar-refractivity contribution < 1.29 is 17.9 Å². The van der Waals surface area contributed by atoms with Crippen LogP contribution in [0.5, 0.6) is 11.5 Å². The van der Waals surface area contributed by atoms with E-state index >= 15 is 0 Å². The fraction of sp³-hybridized carbons (Fsp3) is 0.0714. The molecule has 0 aliphatic heterocycles. The second-order valence-electron chi connectivity index (χ2n) is 8.80. The Balaban J connectivity index is 1.51. The molecule has 0 saturated heterocycles. The van der Waals surface area contributed by atoms with E-state index in [1.165, 1.54) is 34.8 Å². The van der Waals surface area contributed by atoms with Crippen molar-refractivity contribution in [3.05, 3.63) is 72.8 Å². The van der Waals surface area contributed by atoms with Gasteiger partial charge in [0.2, 0.25) is 9.84 Å². The summed E-state index contributed by atoms with van der Waals surface area (Å²) in [4.78, 5) is 9.42. The van der Waals surface area contributed by atoms with Gasteiger partial charge in [0.05, 0.1) is 44.8 Å². The molecule has 0 unspecified atom stereocenters. The van der Waals surface area contributed by atoms with Gasteiger partial charge in [-0.05, 0) is 48.5 Å². The average molecular weight is 605 g/mol. The van der Waals surface area contributed by atoms with Gasteiger partial charge >= 0.3 is 0 Å². The summed E-state index contributed by atoms with van der Waals surface area (Å²) in [6, 6.07) is 21.1. The van der Waals surface area contributed by atoms with Gasteiger partial charge in [-0.2, -0.15) is 0 Å². The highest BCUT2D eigenvalue weighted by Crippen LogP contribution is 2.44. The lowest BCUT2D eigenvalue weighted by Gasteiger charge is -2.17. The van der Waals surface area contributed by atoms with E-state index in [0.29, 0.717) is 43.7 Å². The van der Waals surface area contributed by atoms with E-state index in [0.717, 1.165) is 9.40 Å². The number of nitrogens with two attached hydrogens (primary N) is 2. The molecule has 0 amide bonds. The molecular formula is C28H24N6O4S3. The normalized spacial score (nSPS) is 11.6. The minimum absolute atomic E-state index is 0.0247. The van der Waals surface area contributed by atoms with E-state index in [4.69, 9.17) is 31.1 Å². The van der Waals surface area contributed by atoms with Crippen LogP contribution in [-0.4, -0.2) is 32.6 Å². The molecule has 6 rings (SSSR count). The molecule has 2 aromatic heterocycles. The SMILES string of the molecule is COc1cccc2sc(-c3cccc(S(=O)(=O)c4cccc(-c5nc6c(OC)cccc6s5)c4NN)c3NN)nc12. The summed E-state index contributed by atoms with van der Waals surface area (Å²) in [5.41, 5.74) is 8.07. The predicted octanol–water partition coefficient (Wildman–Crippen LogP) is 5.66. The number of nitrogens with one attached hydrogen (secondary N) is 2. The van der Waals surface area contributed by atoms with Crippen molar-refractivity contribution in [1.82, 2.24) is 9.97 Å². The van der Waals surface area contributed by atoms with E-state index < -0.39 is 9.84 Å². The van der Waals surface area contributed by atoms with Gasteiger partial charge in [0, 0.05) is 11.1 Å². The lowest BCUT2D eigenvalue weighted by atomic mass is 10.2. The van der Waals surface area contributed by atoms with E-state index in [-0.39, 0.29) is 21.2 Å². The number of nitrogen functional groups attached to an aromatic ring is 2. The van der Waals surface area contributed by atoms with Crippen LogP contribution in [0, 0.1) is 0 Å². The Bertz CT molecular complexity index is 1900. The molecule has 0 spiro atoms. The van der Waals surface area contributed by atoms with E-state index in [2.05, 4.69) is 10.9 Å². The topological polar surface area (TPSA) is 154 Å². The van der Waals surface area contributed by atoms with Crippen LogP contribution >= 0.6 is 22.7 Å².